The molecule has 2 aliphatic heterocycles. The summed E-state index contributed by atoms with van der Waals surface area (Å²) in [5.74, 6) is 0.671. The highest BCUT2D eigenvalue weighted by molar-refractivity contribution is 5.91. The molecule has 2 fully saturated rings. The maximum absolute atomic E-state index is 12.8. The van der Waals surface area contributed by atoms with Crippen LogP contribution in [0.2, 0.25) is 0 Å². The van der Waals surface area contributed by atoms with E-state index in [1.54, 1.807) is 9.42 Å². The molecule has 2 aliphatic rings. The zero-order chi connectivity index (χ0) is 20.4. The van der Waals surface area contributed by atoms with E-state index in [2.05, 4.69) is 20.0 Å². The maximum Gasteiger partial charge on any atom is 0.293 e. The monoisotopic (exact) mass is 399 g/mol. The van der Waals surface area contributed by atoms with Gasteiger partial charge in [0.25, 0.3) is 11.7 Å². The molecule has 0 atom stereocenters. The largest absolute Gasteiger partial charge is 0.342 e. The van der Waals surface area contributed by atoms with Crippen LogP contribution in [0.25, 0.3) is 5.78 Å². The summed E-state index contributed by atoms with van der Waals surface area (Å²) in [5.41, 5.74) is 1.75. The summed E-state index contributed by atoms with van der Waals surface area (Å²) in [5, 5.41) is 4.34. The number of aromatic nitrogens is 4. The Hall–Kier alpha value is -2.55. The molecule has 156 valence electrons. The number of aryl methyl sites for hydroxylation is 2. The normalized spacial score (nSPS) is 18.8. The number of hydrogen-bond donors (Lipinski definition) is 0. The number of piperazine rings is 1. The summed E-state index contributed by atoms with van der Waals surface area (Å²) < 4.78 is 1.61. The standard InChI is InChI=1S/C20H29N7O2/c1-15-13-16(2)27-20(21-15)22-18(23-27)19(29)26-11-9-24(10-12-26)14-17(28)25-7-5-3-4-6-8-25/h13H,3-12,14H2,1-2H3. The minimum Gasteiger partial charge on any atom is -0.342 e. The van der Waals surface area contributed by atoms with Gasteiger partial charge in [0.2, 0.25) is 11.7 Å². The smallest absolute Gasteiger partial charge is 0.293 e. The van der Waals surface area contributed by atoms with Crippen molar-refractivity contribution in [3.8, 4) is 0 Å². The van der Waals surface area contributed by atoms with E-state index in [1.165, 1.54) is 12.8 Å². The van der Waals surface area contributed by atoms with Crippen molar-refractivity contribution >= 4 is 17.6 Å². The Bertz CT molecular complexity index is 894. The Morgan fingerprint density at radius 1 is 0.897 bits per heavy atom. The molecular weight excluding hydrogens is 370 g/mol. The molecule has 29 heavy (non-hydrogen) atoms. The number of hydrogen-bond acceptors (Lipinski definition) is 6. The van der Waals surface area contributed by atoms with Crippen LogP contribution in [0.5, 0.6) is 0 Å². The summed E-state index contributed by atoms with van der Waals surface area (Å²) in [6, 6.07) is 1.91. The summed E-state index contributed by atoms with van der Waals surface area (Å²) in [6.45, 7) is 8.55. The maximum atomic E-state index is 12.8. The number of nitrogens with zero attached hydrogens (tertiary/aromatic N) is 7. The van der Waals surface area contributed by atoms with Crippen LogP contribution in [0.15, 0.2) is 6.07 Å². The predicted molar refractivity (Wildman–Crippen MR) is 108 cm³/mol. The van der Waals surface area contributed by atoms with Gasteiger partial charge in [-0.2, -0.15) is 4.98 Å². The highest BCUT2D eigenvalue weighted by Gasteiger charge is 2.27. The molecule has 0 aliphatic carbocycles. The summed E-state index contributed by atoms with van der Waals surface area (Å²) in [7, 11) is 0. The number of carbonyl (C=O) groups is 2. The third-order valence-corrected chi connectivity index (χ3v) is 5.79. The molecular formula is C20H29N7O2. The highest BCUT2D eigenvalue weighted by atomic mass is 16.2. The van der Waals surface area contributed by atoms with Gasteiger partial charge in [0.1, 0.15) is 0 Å². The molecule has 2 amide bonds. The molecule has 0 radical (unpaired) electrons. The quantitative estimate of drug-likeness (QED) is 0.762. The average molecular weight is 399 g/mol. The Kier molecular flexibility index (Phi) is 5.75. The van der Waals surface area contributed by atoms with Crippen LogP contribution in [0.1, 0.15) is 47.7 Å². The number of fused-ring (bicyclic) bond motifs is 1. The van der Waals surface area contributed by atoms with E-state index in [9.17, 15) is 9.59 Å². The molecule has 9 heteroatoms. The lowest BCUT2D eigenvalue weighted by atomic mass is 10.2. The Morgan fingerprint density at radius 2 is 1.59 bits per heavy atom. The van der Waals surface area contributed by atoms with Gasteiger partial charge in [-0.15, -0.1) is 5.10 Å². The van der Waals surface area contributed by atoms with Crippen molar-refractivity contribution in [3.05, 3.63) is 23.3 Å². The Morgan fingerprint density at radius 3 is 2.28 bits per heavy atom. The van der Waals surface area contributed by atoms with Crippen LogP contribution < -0.4 is 0 Å². The van der Waals surface area contributed by atoms with Crippen molar-refractivity contribution in [1.82, 2.24) is 34.3 Å². The van der Waals surface area contributed by atoms with Gasteiger partial charge in [0.15, 0.2) is 0 Å². The molecule has 9 nitrogen and oxygen atoms in total. The zero-order valence-electron chi connectivity index (χ0n) is 17.3. The predicted octanol–water partition coefficient (Wildman–Crippen LogP) is 0.902. The topological polar surface area (TPSA) is 86.9 Å². The molecule has 0 aromatic carbocycles. The lowest BCUT2D eigenvalue weighted by molar-refractivity contribution is -0.132. The fourth-order valence-corrected chi connectivity index (χ4v) is 4.12. The molecule has 2 aromatic rings. The van der Waals surface area contributed by atoms with Crippen LogP contribution in [0.4, 0.5) is 0 Å². The first-order valence-electron chi connectivity index (χ1n) is 10.5. The molecule has 0 unspecified atom stereocenters. The molecule has 4 rings (SSSR count). The molecule has 0 N–H and O–H groups in total. The lowest BCUT2D eigenvalue weighted by Gasteiger charge is -2.34. The third-order valence-electron chi connectivity index (χ3n) is 5.79. The second-order valence-electron chi connectivity index (χ2n) is 8.05. The van der Waals surface area contributed by atoms with Gasteiger partial charge in [-0.05, 0) is 32.8 Å². The first kappa shape index (κ1) is 19.8. The van der Waals surface area contributed by atoms with Crippen molar-refractivity contribution in [3.63, 3.8) is 0 Å². The fourth-order valence-electron chi connectivity index (χ4n) is 4.12. The van der Waals surface area contributed by atoms with Crippen molar-refractivity contribution in [2.24, 2.45) is 0 Å². The van der Waals surface area contributed by atoms with Crippen molar-refractivity contribution in [2.45, 2.75) is 39.5 Å². The molecule has 0 spiro atoms. The van der Waals surface area contributed by atoms with Gasteiger partial charge in [-0.1, -0.05) is 12.8 Å². The minimum absolute atomic E-state index is 0.175. The van der Waals surface area contributed by atoms with E-state index >= 15 is 0 Å². The van der Waals surface area contributed by atoms with E-state index in [4.69, 9.17) is 0 Å². The highest BCUT2D eigenvalue weighted by Crippen LogP contribution is 2.12. The van der Waals surface area contributed by atoms with E-state index in [0.29, 0.717) is 38.5 Å². The van der Waals surface area contributed by atoms with Gasteiger partial charge in [-0.25, -0.2) is 9.50 Å². The van der Waals surface area contributed by atoms with Gasteiger partial charge in [-0.3, -0.25) is 14.5 Å². The molecule has 2 saturated heterocycles. The van der Waals surface area contributed by atoms with E-state index < -0.39 is 0 Å². The van der Waals surface area contributed by atoms with Gasteiger partial charge < -0.3 is 9.80 Å². The average Bonchev–Trinajstić information content (AvgIpc) is 2.94. The van der Waals surface area contributed by atoms with Gasteiger partial charge in [0, 0.05) is 50.7 Å². The zero-order valence-corrected chi connectivity index (χ0v) is 17.3. The summed E-state index contributed by atoms with van der Waals surface area (Å²) in [6.07, 6.45) is 4.65. The van der Waals surface area contributed by atoms with E-state index in [-0.39, 0.29) is 17.6 Å². The molecule has 2 aromatic heterocycles. The van der Waals surface area contributed by atoms with Crippen molar-refractivity contribution < 1.29 is 9.59 Å². The number of amides is 2. The molecule has 0 saturated carbocycles. The Labute approximate surface area is 170 Å². The minimum atomic E-state index is -0.175. The number of likely N-dealkylation sites (tertiary alicyclic amines) is 1. The van der Waals surface area contributed by atoms with Crippen LogP contribution >= 0.6 is 0 Å². The summed E-state index contributed by atoms with van der Waals surface area (Å²) in [4.78, 5) is 40.0. The number of rotatable bonds is 3. The first-order chi connectivity index (χ1) is 14.0. The second-order valence-corrected chi connectivity index (χ2v) is 8.05. The molecule has 4 heterocycles. The van der Waals surface area contributed by atoms with E-state index in [1.807, 2.05) is 24.8 Å². The van der Waals surface area contributed by atoms with Crippen LogP contribution in [0.3, 0.4) is 0 Å². The lowest BCUT2D eigenvalue weighted by Crippen LogP contribution is -2.51. The number of carbonyl (C=O) groups excluding carboxylic acids is 2. The van der Waals surface area contributed by atoms with Crippen molar-refractivity contribution in [2.75, 3.05) is 45.8 Å². The van der Waals surface area contributed by atoms with E-state index in [0.717, 1.165) is 37.3 Å². The second kappa shape index (κ2) is 8.44. The van der Waals surface area contributed by atoms with Gasteiger partial charge in [0.05, 0.1) is 6.54 Å². The van der Waals surface area contributed by atoms with Crippen LogP contribution in [-0.4, -0.2) is 91.9 Å². The SMILES string of the molecule is Cc1cc(C)n2nc(C(=O)N3CCN(CC(=O)N4CCCCCC4)CC3)nc2n1. The van der Waals surface area contributed by atoms with Crippen LogP contribution in [0, 0.1) is 13.8 Å². The van der Waals surface area contributed by atoms with Crippen molar-refractivity contribution in [1.29, 1.82) is 0 Å². The Balaban J connectivity index is 1.34. The summed E-state index contributed by atoms with van der Waals surface area (Å²) >= 11 is 0. The fraction of sp³-hybridized carbons (Fsp3) is 0.650. The van der Waals surface area contributed by atoms with Gasteiger partial charge >= 0.3 is 0 Å². The third kappa shape index (κ3) is 4.39. The van der Waals surface area contributed by atoms with Crippen LogP contribution in [-0.2, 0) is 4.79 Å². The molecule has 0 bridgehead atoms. The first-order valence-corrected chi connectivity index (χ1v) is 10.5.